The third-order valence-electron chi connectivity index (χ3n) is 1.80. The van der Waals surface area contributed by atoms with Gasteiger partial charge >= 0.3 is 7.91 Å². The number of rotatable bonds is 3. The summed E-state index contributed by atoms with van der Waals surface area (Å²) in [6.45, 7) is 0. The Labute approximate surface area is 65.5 Å². The number of hydrogen-bond donors (Lipinski definition) is 0. The Hall–Kier alpha value is 0.0800. The molecule has 66 valence electrons. The fourth-order valence-electron chi connectivity index (χ4n) is 1.21. The molecule has 0 aliphatic heterocycles. The summed E-state index contributed by atoms with van der Waals surface area (Å²) in [7, 11) is -3.17. The predicted octanol–water partition coefficient (Wildman–Crippen LogP) is 2.67. The van der Waals surface area contributed by atoms with Gasteiger partial charge in [0, 0.05) is 7.11 Å². The molecular formula is C6H12FO3P. The maximum absolute atomic E-state index is 12.6. The highest BCUT2D eigenvalue weighted by Crippen LogP contribution is 2.51. The van der Waals surface area contributed by atoms with E-state index in [-0.39, 0.29) is 6.10 Å². The van der Waals surface area contributed by atoms with Gasteiger partial charge in [-0.05, 0) is 12.8 Å². The fraction of sp³-hybridized carbons (Fsp3) is 1.00. The Morgan fingerprint density at radius 3 is 2.45 bits per heavy atom. The SMILES string of the molecule is COP(=O)(F)OC1CCCC1. The Kier molecular flexibility index (Phi) is 3.05. The Bertz CT molecular complexity index is 167. The van der Waals surface area contributed by atoms with Gasteiger partial charge in [0.25, 0.3) is 0 Å². The van der Waals surface area contributed by atoms with Crippen molar-refractivity contribution >= 4 is 7.91 Å². The van der Waals surface area contributed by atoms with Crippen LogP contribution in [0.5, 0.6) is 0 Å². The summed E-state index contributed by atoms with van der Waals surface area (Å²) in [6, 6.07) is 0. The highest BCUT2D eigenvalue weighted by molar-refractivity contribution is 7.48. The van der Waals surface area contributed by atoms with E-state index < -0.39 is 7.91 Å². The van der Waals surface area contributed by atoms with E-state index in [4.69, 9.17) is 0 Å². The molecule has 0 saturated heterocycles. The van der Waals surface area contributed by atoms with Gasteiger partial charge in [-0.3, -0.25) is 9.05 Å². The van der Waals surface area contributed by atoms with E-state index in [0.29, 0.717) is 0 Å². The second kappa shape index (κ2) is 3.65. The molecule has 1 unspecified atom stereocenters. The van der Waals surface area contributed by atoms with Gasteiger partial charge in [-0.15, -0.1) is 4.20 Å². The van der Waals surface area contributed by atoms with Gasteiger partial charge in [0.2, 0.25) is 0 Å². The molecule has 0 bridgehead atoms. The largest absolute Gasteiger partial charge is 0.513 e. The smallest absolute Gasteiger partial charge is 0.287 e. The molecule has 1 fully saturated rings. The van der Waals surface area contributed by atoms with Crippen LogP contribution in [-0.2, 0) is 13.6 Å². The third-order valence-corrected chi connectivity index (χ3v) is 2.78. The molecule has 0 aromatic carbocycles. The van der Waals surface area contributed by atoms with Gasteiger partial charge in [0.05, 0.1) is 6.10 Å². The molecule has 0 aromatic rings. The maximum Gasteiger partial charge on any atom is 0.513 e. The lowest BCUT2D eigenvalue weighted by Gasteiger charge is -2.11. The monoisotopic (exact) mass is 182 g/mol. The molecule has 3 nitrogen and oxygen atoms in total. The van der Waals surface area contributed by atoms with E-state index in [2.05, 4.69) is 9.05 Å². The van der Waals surface area contributed by atoms with Crippen molar-refractivity contribution in [2.24, 2.45) is 0 Å². The number of halogens is 1. The maximum atomic E-state index is 12.6. The lowest BCUT2D eigenvalue weighted by atomic mass is 10.3. The van der Waals surface area contributed by atoms with E-state index in [0.717, 1.165) is 32.8 Å². The first-order chi connectivity index (χ1) is 5.14. The van der Waals surface area contributed by atoms with Crippen LogP contribution in [0.25, 0.3) is 0 Å². The normalized spacial score (nSPS) is 25.3. The second-order valence-electron chi connectivity index (χ2n) is 2.63. The minimum absolute atomic E-state index is 0.203. The van der Waals surface area contributed by atoms with Crippen LogP contribution in [0, 0.1) is 0 Å². The predicted molar refractivity (Wildman–Crippen MR) is 39.1 cm³/mol. The van der Waals surface area contributed by atoms with E-state index in [9.17, 15) is 8.76 Å². The summed E-state index contributed by atoms with van der Waals surface area (Å²) in [5, 5.41) is 0. The van der Waals surface area contributed by atoms with Crippen molar-refractivity contribution in [2.45, 2.75) is 31.8 Å². The van der Waals surface area contributed by atoms with Gasteiger partial charge in [-0.25, -0.2) is 4.57 Å². The minimum Gasteiger partial charge on any atom is -0.287 e. The first kappa shape index (κ1) is 9.17. The van der Waals surface area contributed by atoms with E-state index in [1.54, 1.807) is 0 Å². The van der Waals surface area contributed by atoms with Gasteiger partial charge in [-0.2, -0.15) is 0 Å². The molecule has 5 heteroatoms. The van der Waals surface area contributed by atoms with Crippen molar-refractivity contribution in [3.05, 3.63) is 0 Å². The van der Waals surface area contributed by atoms with E-state index in [1.807, 2.05) is 0 Å². The Morgan fingerprint density at radius 2 is 2.00 bits per heavy atom. The number of hydrogen-bond acceptors (Lipinski definition) is 3. The molecule has 0 N–H and O–H groups in total. The first-order valence-corrected chi connectivity index (χ1v) is 5.11. The first-order valence-electron chi connectivity index (χ1n) is 3.68. The van der Waals surface area contributed by atoms with Crippen molar-refractivity contribution in [1.29, 1.82) is 0 Å². The lowest BCUT2D eigenvalue weighted by molar-refractivity contribution is 0.142. The molecule has 1 aliphatic carbocycles. The molecule has 1 saturated carbocycles. The standard InChI is InChI=1S/C6H12FO3P/c1-9-11(7,8)10-6-4-2-3-5-6/h6H,2-5H2,1H3. The molecule has 0 spiro atoms. The van der Waals surface area contributed by atoms with Gasteiger partial charge in [0.1, 0.15) is 0 Å². The van der Waals surface area contributed by atoms with Crippen LogP contribution in [0.4, 0.5) is 4.20 Å². The molecule has 1 atom stereocenters. The van der Waals surface area contributed by atoms with Crippen molar-refractivity contribution in [3.8, 4) is 0 Å². The van der Waals surface area contributed by atoms with Crippen LogP contribution in [-0.4, -0.2) is 13.2 Å². The lowest BCUT2D eigenvalue weighted by Crippen LogP contribution is -2.04. The average molecular weight is 182 g/mol. The Morgan fingerprint density at radius 1 is 1.45 bits per heavy atom. The van der Waals surface area contributed by atoms with Gasteiger partial charge < -0.3 is 0 Å². The summed E-state index contributed by atoms with van der Waals surface area (Å²) in [5.41, 5.74) is 0. The molecule has 1 aliphatic rings. The van der Waals surface area contributed by atoms with Crippen LogP contribution in [0.2, 0.25) is 0 Å². The van der Waals surface area contributed by atoms with Gasteiger partial charge in [-0.1, -0.05) is 12.8 Å². The van der Waals surface area contributed by atoms with Crippen LogP contribution in [0.3, 0.4) is 0 Å². The van der Waals surface area contributed by atoms with Crippen molar-refractivity contribution < 1.29 is 17.8 Å². The summed E-state index contributed by atoms with van der Waals surface area (Å²) in [6.07, 6.45) is 3.42. The zero-order valence-electron chi connectivity index (χ0n) is 6.46. The third kappa shape index (κ3) is 2.89. The molecule has 0 amide bonds. The summed E-state index contributed by atoms with van der Waals surface area (Å²) in [4.78, 5) is 0. The highest BCUT2D eigenvalue weighted by atomic mass is 31.2. The zero-order valence-corrected chi connectivity index (χ0v) is 7.35. The van der Waals surface area contributed by atoms with Gasteiger partial charge in [0.15, 0.2) is 0 Å². The van der Waals surface area contributed by atoms with Crippen LogP contribution >= 0.6 is 7.91 Å². The topological polar surface area (TPSA) is 35.5 Å². The van der Waals surface area contributed by atoms with Crippen LogP contribution in [0.1, 0.15) is 25.7 Å². The van der Waals surface area contributed by atoms with E-state index in [1.165, 1.54) is 0 Å². The summed E-state index contributed by atoms with van der Waals surface area (Å²) in [5.74, 6) is 0. The van der Waals surface area contributed by atoms with Crippen molar-refractivity contribution in [1.82, 2.24) is 0 Å². The summed E-state index contributed by atoms with van der Waals surface area (Å²) < 4.78 is 31.9. The molecule has 11 heavy (non-hydrogen) atoms. The highest BCUT2D eigenvalue weighted by Gasteiger charge is 2.28. The average Bonchev–Trinajstić information content (AvgIpc) is 2.39. The van der Waals surface area contributed by atoms with E-state index >= 15 is 0 Å². The fourth-order valence-corrected chi connectivity index (χ4v) is 1.87. The van der Waals surface area contributed by atoms with Crippen LogP contribution in [0.15, 0.2) is 0 Å². The minimum atomic E-state index is -4.22. The zero-order chi connectivity index (χ0) is 8.32. The summed E-state index contributed by atoms with van der Waals surface area (Å²) >= 11 is 0. The molecule has 1 rings (SSSR count). The molecule has 0 aromatic heterocycles. The van der Waals surface area contributed by atoms with Crippen molar-refractivity contribution in [2.75, 3.05) is 7.11 Å². The quantitative estimate of drug-likeness (QED) is 0.629. The van der Waals surface area contributed by atoms with Crippen LogP contribution < -0.4 is 0 Å². The second-order valence-corrected chi connectivity index (χ2v) is 4.06. The molecule has 0 heterocycles. The molecular weight excluding hydrogens is 170 g/mol. The molecule has 0 radical (unpaired) electrons. The van der Waals surface area contributed by atoms with Crippen molar-refractivity contribution in [3.63, 3.8) is 0 Å². The Balaban J connectivity index is 2.34.